The van der Waals surface area contributed by atoms with E-state index in [-0.39, 0.29) is 0 Å². The van der Waals surface area contributed by atoms with Crippen LogP contribution in [0.4, 0.5) is 0 Å². The first-order valence-corrected chi connectivity index (χ1v) is 11.2. The zero-order valence-electron chi connectivity index (χ0n) is 17.9. The molecule has 1 saturated carbocycles. The van der Waals surface area contributed by atoms with Crippen molar-refractivity contribution in [2.24, 2.45) is 4.99 Å². The molecule has 2 fully saturated rings. The van der Waals surface area contributed by atoms with Crippen molar-refractivity contribution in [3.8, 4) is 5.75 Å². The predicted molar refractivity (Wildman–Crippen MR) is 117 cm³/mol. The van der Waals surface area contributed by atoms with Crippen LogP contribution in [0, 0.1) is 0 Å². The number of hydrogen-bond donors (Lipinski definition) is 2. The van der Waals surface area contributed by atoms with Crippen molar-refractivity contribution < 1.29 is 4.74 Å². The van der Waals surface area contributed by atoms with E-state index in [1.165, 1.54) is 44.1 Å². The van der Waals surface area contributed by atoms with Gasteiger partial charge in [-0.15, -0.1) is 0 Å². The highest BCUT2D eigenvalue weighted by Gasteiger charge is 2.21. The van der Waals surface area contributed by atoms with Crippen molar-refractivity contribution in [3.63, 3.8) is 0 Å². The van der Waals surface area contributed by atoms with Gasteiger partial charge in [0.1, 0.15) is 5.75 Å². The Bertz CT molecular complexity index is 617. The van der Waals surface area contributed by atoms with Crippen molar-refractivity contribution in [1.29, 1.82) is 0 Å². The van der Waals surface area contributed by atoms with Gasteiger partial charge in [-0.1, -0.05) is 18.2 Å². The first kappa shape index (κ1) is 21.0. The summed E-state index contributed by atoms with van der Waals surface area (Å²) in [5.41, 5.74) is 1.17. The summed E-state index contributed by atoms with van der Waals surface area (Å²) in [4.78, 5) is 7.42. The van der Waals surface area contributed by atoms with Crippen LogP contribution in [0.5, 0.6) is 5.75 Å². The minimum Gasteiger partial charge on any atom is -0.490 e. The van der Waals surface area contributed by atoms with Gasteiger partial charge >= 0.3 is 0 Å². The number of guanidine groups is 1. The molecule has 0 radical (unpaired) electrons. The van der Waals surface area contributed by atoms with Crippen molar-refractivity contribution in [2.75, 3.05) is 19.6 Å². The van der Waals surface area contributed by atoms with E-state index in [2.05, 4.69) is 60.6 Å². The summed E-state index contributed by atoms with van der Waals surface area (Å²) in [6, 6.07) is 9.50. The van der Waals surface area contributed by atoms with Crippen LogP contribution in [0.3, 0.4) is 0 Å². The van der Waals surface area contributed by atoms with Gasteiger partial charge in [0, 0.05) is 37.3 Å². The highest BCUT2D eigenvalue weighted by Crippen LogP contribution is 2.27. The van der Waals surface area contributed by atoms with Crippen LogP contribution in [0.1, 0.15) is 64.9 Å². The highest BCUT2D eigenvalue weighted by atomic mass is 16.5. The Kier molecular flexibility index (Phi) is 8.01. The van der Waals surface area contributed by atoms with E-state index in [0.717, 1.165) is 31.3 Å². The number of piperidine rings is 1. The average Bonchev–Trinajstić information content (AvgIpc) is 3.21. The predicted octanol–water partition coefficient (Wildman–Crippen LogP) is 3.94. The number of rotatable bonds is 7. The minimum absolute atomic E-state index is 0.377. The van der Waals surface area contributed by atoms with Gasteiger partial charge in [-0.25, -0.2) is 4.99 Å². The number of ether oxygens (including phenoxy) is 1. The lowest BCUT2D eigenvalue weighted by molar-refractivity contribution is 0.167. The van der Waals surface area contributed by atoms with Crippen LogP contribution < -0.4 is 15.4 Å². The molecule has 3 rings (SSSR count). The van der Waals surface area contributed by atoms with Crippen molar-refractivity contribution in [3.05, 3.63) is 29.8 Å². The molecule has 1 aromatic rings. The van der Waals surface area contributed by atoms with Gasteiger partial charge in [0.25, 0.3) is 0 Å². The summed E-state index contributed by atoms with van der Waals surface area (Å²) < 4.78 is 6.27. The van der Waals surface area contributed by atoms with Crippen LogP contribution in [0.15, 0.2) is 29.3 Å². The summed E-state index contributed by atoms with van der Waals surface area (Å²) >= 11 is 0. The zero-order chi connectivity index (χ0) is 19.8. The molecule has 0 atom stereocenters. The Balaban J connectivity index is 1.58. The first-order valence-electron chi connectivity index (χ1n) is 11.2. The number of likely N-dealkylation sites (tertiary alicyclic amines) is 1. The van der Waals surface area contributed by atoms with Crippen LogP contribution >= 0.6 is 0 Å². The van der Waals surface area contributed by atoms with Crippen molar-refractivity contribution in [1.82, 2.24) is 15.5 Å². The second-order valence-corrected chi connectivity index (χ2v) is 8.38. The number of hydrogen-bond acceptors (Lipinski definition) is 3. The maximum absolute atomic E-state index is 6.27. The molecule has 1 aromatic carbocycles. The molecule has 1 aliphatic carbocycles. The Morgan fingerprint density at radius 1 is 1.14 bits per heavy atom. The molecular formula is C23H38N4O. The van der Waals surface area contributed by atoms with E-state index in [1.807, 2.05) is 0 Å². The molecule has 0 aromatic heterocycles. The standard InChI is InChI=1S/C23H38N4O/c1-4-24-23(26-20-13-15-27(16-14-20)18(2)3)25-17-19-9-5-8-12-22(19)28-21-10-6-7-11-21/h5,8-9,12,18,20-21H,4,6-7,10-11,13-17H2,1-3H3,(H2,24,25,26). The molecule has 5 heteroatoms. The lowest BCUT2D eigenvalue weighted by Gasteiger charge is -2.35. The van der Waals surface area contributed by atoms with E-state index >= 15 is 0 Å². The molecule has 1 saturated heterocycles. The van der Waals surface area contributed by atoms with Gasteiger partial charge in [0.05, 0.1) is 12.6 Å². The summed E-state index contributed by atoms with van der Waals surface area (Å²) in [6.45, 7) is 10.5. The summed E-state index contributed by atoms with van der Waals surface area (Å²) in [5.74, 6) is 1.92. The number of aliphatic imine (C=N–C) groups is 1. The Morgan fingerprint density at radius 3 is 2.54 bits per heavy atom. The molecule has 0 unspecified atom stereocenters. The molecule has 156 valence electrons. The number of benzene rings is 1. The van der Waals surface area contributed by atoms with Gasteiger partial charge in [-0.2, -0.15) is 0 Å². The van der Waals surface area contributed by atoms with Crippen LogP contribution in [-0.2, 0) is 6.54 Å². The first-order chi connectivity index (χ1) is 13.7. The Morgan fingerprint density at radius 2 is 1.86 bits per heavy atom. The fourth-order valence-corrected chi connectivity index (χ4v) is 4.17. The van der Waals surface area contributed by atoms with Gasteiger partial charge < -0.3 is 20.3 Å². The van der Waals surface area contributed by atoms with E-state index in [9.17, 15) is 0 Å². The normalized spacial score (nSPS) is 19.9. The van der Waals surface area contributed by atoms with Crippen LogP contribution in [-0.4, -0.2) is 48.7 Å². The lowest BCUT2D eigenvalue weighted by atomic mass is 10.0. The highest BCUT2D eigenvalue weighted by molar-refractivity contribution is 5.80. The quantitative estimate of drug-likeness (QED) is 0.551. The second-order valence-electron chi connectivity index (χ2n) is 8.38. The SMILES string of the molecule is CCNC(=NCc1ccccc1OC1CCCC1)NC1CCN(C(C)C)CC1. The molecule has 5 nitrogen and oxygen atoms in total. The third kappa shape index (κ3) is 6.13. The zero-order valence-corrected chi connectivity index (χ0v) is 17.9. The van der Waals surface area contributed by atoms with E-state index in [4.69, 9.17) is 9.73 Å². The van der Waals surface area contributed by atoms with Crippen molar-refractivity contribution in [2.45, 2.75) is 84.0 Å². The van der Waals surface area contributed by atoms with Crippen molar-refractivity contribution >= 4 is 5.96 Å². The number of para-hydroxylation sites is 1. The van der Waals surface area contributed by atoms with Crippen LogP contribution in [0.25, 0.3) is 0 Å². The maximum Gasteiger partial charge on any atom is 0.191 e. The van der Waals surface area contributed by atoms with Gasteiger partial charge in [0.15, 0.2) is 5.96 Å². The molecule has 1 aliphatic heterocycles. The fourth-order valence-electron chi connectivity index (χ4n) is 4.17. The van der Waals surface area contributed by atoms with Gasteiger partial charge in [0.2, 0.25) is 0 Å². The van der Waals surface area contributed by atoms with E-state index < -0.39 is 0 Å². The monoisotopic (exact) mass is 386 g/mol. The molecule has 0 amide bonds. The van der Waals surface area contributed by atoms with E-state index in [0.29, 0.717) is 24.7 Å². The summed E-state index contributed by atoms with van der Waals surface area (Å²) in [7, 11) is 0. The minimum atomic E-state index is 0.377. The molecular weight excluding hydrogens is 348 g/mol. The molecule has 0 spiro atoms. The molecule has 28 heavy (non-hydrogen) atoms. The van der Waals surface area contributed by atoms with Gasteiger partial charge in [-0.05, 0) is 65.4 Å². The second kappa shape index (κ2) is 10.7. The molecule has 2 aliphatic rings. The average molecular weight is 387 g/mol. The molecule has 1 heterocycles. The van der Waals surface area contributed by atoms with E-state index in [1.54, 1.807) is 0 Å². The Hall–Kier alpha value is -1.75. The smallest absolute Gasteiger partial charge is 0.191 e. The summed E-state index contributed by atoms with van der Waals surface area (Å²) in [5, 5.41) is 7.06. The molecule has 0 bridgehead atoms. The molecule has 2 N–H and O–H groups in total. The van der Waals surface area contributed by atoms with Crippen LogP contribution in [0.2, 0.25) is 0 Å². The maximum atomic E-state index is 6.27. The number of nitrogens with one attached hydrogen (secondary N) is 2. The topological polar surface area (TPSA) is 48.9 Å². The third-order valence-electron chi connectivity index (χ3n) is 5.92. The van der Waals surface area contributed by atoms with Gasteiger partial charge in [-0.3, -0.25) is 0 Å². The third-order valence-corrected chi connectivity index (χ3v) is 5.92. The number of nitrogens with zero attached hydrogens (tertiary/aromatic N) is 2. The Labute approximate surface area is 170 Å². The fraction of sp³-hybridized carbons (Fsp3) is 0.696. The largest absolute Gasteiger partial charge is 0.490 e. The summed E-state index contributed by atoms with van der Waals surface area (Å²) in [6.07, 6.45) is 7.65. The lowest BCUT2D eigenvalue weighted by Crippen LogP contribution is -2.49.